The minimum absolute atomic E-state index is 0.304. The summed E-state index contributed by atoms with van der Waals surface area (Å²) >= 11 is 6.07. The third kappa shape index (κ3) is 2.86. The molecule has 0 aliphatic rings. The van der Waals surface area contributed by atoms with E-state index in [9.17, 15) is 0 Å². The lowest BCUT2D eigenvalue weighted by Gasteiger charge is -2.10. The van der Waals surface area contributed by atoms with E-state index in [2.05, 4.69) is 25.7 Å². The van der Waals surface area contributed by atoms with Gasteiger partial charge >= 0.3 is 0 Å². The average molecular weight is 301 g/mol. The van der Waals surface area contributed by atoms with Gasteiger partial charge in [-0.25, -0.2) is 10.8 Å². The van der Waals surface area contributed by atoms with Gasteiger partial charge in [0.1, 0.15) is 5.02 Å². The van der Waals surface area contributed by atoms with Gasteiger partial charge in [-0.2, -0.15) is 4.98 Å². The summed E-state index contributed by atoms with van der Waals surface area (Å²) in [7, 11) is 0. The zero-order chi connectivity index (χ0) is 14.7. The first-order chi connectivity index (χ1) is 10.3. The Morgan fingerprint density at radius 2 is 2.00 bits per heavy atom. The molecule has 1 aromatic carbocycles. The van der Waals surface area contributed by atoms with Crippen LogP contribution in [0.3, 0.4) is 0 Å². The summed E-state index contributed by atoms with van der Waals surface area (Å²) in [5, 5.41) is 4.70. The second-order valence-corrected chi connectivity index (χ2v) is 4.79. The van der Waals surface area contributed by atoms with Crippen LogP contribution < -0.4 is 16.6 Å². The molecule has 0 aliphatic carbocycles. The number of halogens is 1. The second-order valence-electron chi connectivity index (χ2n) is 4.38. The molecular weight excluding hydrogens is 288 g/mol. The van der Waals surface area contributed by atoms with Crippen molar-refractivity contribution >= 4 is 34.3 Å². The van der Waals surface area contributed by atoms with Crippen molar-refractivity contribution in [2.24, 2.45) is 5.84 Å². The van der Waals surface area contributed by atoms with Crippen molar-refractivity contribution in [3.63, 3.8) is 0 Å². The Morgan fingerprint density at radius 1 is 1.14 bits per heavy atom. The Labute approximate surface area is 126 Å². The predicted octanol–water partition coefficient (Wildman–Crippen LogP) is 2.58. The molecule has 4 N–H and O–H groups in total. The van der Waals surface area contributed by atoms with E-state index in [1.165, 1.54) is 6.20 Å². The number of hydrogen-bond acceptors (Lipinski definition) is 6. The normalized spacial score (nSPS) is 10.6. The first-order valence-corrected chi connectivity index (χ1v) is 6.71. The van der Waals surface area contributed by atoms with Gasteiger partial charge in [0.15, 0.2) is 5.82 Å². The standard InChI is InChI=1S/C14H13ClN6/c15-11-8-19-14(21-16)20-13(11)18-7-10-4-1-3-9-5-2-6-17-12(9)10/h1-6,8H,7,16H2,(H2,18,19,20,21). The molecule has 106 valence electrons. The van der Waals surface area contributed by atoms with Crippen molar-refractivity contribution in [3.05, 3.63) is 53.3 Å². The number of nitrogens with zero attached hydrogens (tertiary/aromatic N) is 3. The summed E-state index contributed by atoms with van der Waals surface area (Å²) < 4.78 is 0. The summed E-state index contributed by atoms with van der Waals surface area (Å²) in [4.78, 5) is 12.5. The Balaban J connectivity index is 1.87. The molecule has 0 spiro atoms. The molecule has 0 unspecified atom stereocenters. The van der Waals surface area contributed by atoms with Gasteiger partial charge in [-0.3, -0.25) is 10.4 Å². The third-order valence-corrected chi connectivity index (χ3v) is 3.31. The molecule has 0 radical (unpaired) electrons. The van der Waals surface area contributed by atoms with E-state index in [1.54, 1.807) is 6.20 Å². The molecule has 2 aromatic heterocycles. The van der Waals surface area contributed by atoms with Crippen molar-refractivity contribution in [2.75, 3.05) is 10.7 Å². The number of pyridine rings is 1. The number of hydrogen-bond donors (Lipinski definition) is 3. The van der Waals surface area contributed by atoms with Gasteiger partial charge in [-0.15, -0.1) is 0 Å². The van der Waals surface area contributed by atoms with E-state index in [0.29, 0.717) is 23.3 Å². The fraction of sp³-hybridized carbons (Fsp3) is 0.0714. The monoisotopic (exact) mass is 300 g/mol. The van der Waals surface area contributed by atoms with Crippen molar-refractivity contribution in [1.29, 1.82) is 0 Å². The quantitative estimate of drug-likeness (QED) is 0.507. The molecule has 0 fully saturated rings. The highest BCUT2D eigenvalue weighted by molar-refractivity contribution is 6.32. The number of benzene rings is 1. The average Bonchev–Trinajstić information content (AvgIpc) is 2.54. The topological polar surface area (TPSA) is 88.8 Å². The van der Waals surface area contributed by atoms with Crippen LogP contribution >= 0.6 is 11.6 Å². The highest BCUT2D eigenvalue weighted by Crippen LogP contribution is 2.21. The molecule has 3 aromatic rings. The van der Waals surface area contributed by atoms with E-state index in [1.807, 2.05) is 30.3 Å². The molecule has 7 heteroatoms. The molecule has 0 atom stereocenters. The highest BCUT2D eigenvalue weighted by atomic mass is 35.5. The SMILES string of the molecule is NNc1ncc(Cl)c(NCc2cccc3cccnc23)n1. The van der Waals surface area contributed by atoms with E-state index in [4.69, 9.17) is 17.4 Å². The maximum Gasteiger partial charge on any atom is 0.239 e. The third-order valence-electron chi connectivity index (χ3n) is 3.04. The number of anilines is 2. The van der Waals surface area contributed by atoms with Crippen LogP contribution in [0.2, 0.25) is 5.02 Å². The number of hydrazine groups is 1. The summed E-state index contributed by atoms with van der Waals surface area (Å²) in [6, 6.07) is 9.98. The molecule has 21 heavy (non-hydrogen) atoms. The van der Waals surface area contributed by atoms with Crippen LogP contribution in [0.15, 0.2) is 42.7 Å². The summed E-state index contributed by atoms with van der Waals surface area (Å²) in [6.07, 6.45) is 3.27. The largest absolute Gasteiger partial charge is 0.365 e. The molecule has 0 bridgehead atoms. The van der Waals surface area contributed by atoms with E-state index in [-0.39, 0.29) is 0 Å². The molecule has 6 nitrogen and oxygen atoms in total. The van der Waals surface area contributed by atoms with Gasteiger partial charge in [0, 0.05) is 18.1 Å². The van der Waals surface area contributed by atoms with Crippen LogP contribution in [-0.2, 0) is 6.54 Å². The van der Waals surface area contributed by atoms with Crippen LogP contribution in [0.25, 0.3) is 10.9 Å². The minimum atomic E-state index is 0.304. The van der Waals surface area contributed by atoms with E-state index in [0.717, 1.165) is 16.5 Å². The van der Waals surface area contributed by atoms with Crippen LogP contribution in [0.5, 0.6) is 0 Å². The summed E-state index contributed by atoms with van der Waals surface area (Å²) in [5.41, 5.74) is 4.40. The van der Waals surface area contributed by atoms with Crippen LogP contribution in [0.1, 0.15) is 5.56 Å². The number of rotatable bonds is 4. The lowest BCUT2D eigenvalue weighted by molar-refractivity contribution is 1.07. The van der Waals surface area contributed by atoms with Gasteiger partial charge in [0.2, 0.25) is 5.95 Å². The van der Waals surface area contributed by atoms with E-state index < -0.39 is 0 Å². The zero-order valence-electron chi connectivity index (χ0n) is 11.0. The summed E-state index contributed by atoms with van der Waals surface area (Å²) in [5.74, 6) is 6.12. The minimum Gasteiger partial charge on any atom is -0.365 e. The number of fused-ring (bicyclic) bond motifs is 1. The number of nitrogens with one attached hydrogen (secondary N) is 2. The maximum absolute atomic E-state index is 6.07. The summed E-state index contributed by atoms with van der Waals surface area (Å²) in [6.45, 7) is 0.551. The Bertz CT molecular complexity index is 771. The first kappa shape index (κ1) is 13.5. The zero-order valence-corrected chi connectivity index (χ0v) is 11.8. The second kappa shape index (κ2) is 5.90. The van der Waals surface area contributed by atoms with Gasteiger partial charge in [0.05, 0.1) is 11.7 Å². The van der Waals surface area contributed by atoms with Crippen molar-refractivity contribution in [3.8, 4) is 0 Å². The van der Waals surface area contributed by atoms with Crippen molar-refractivity contribution < 1.29 is 0 Å². The van der Waals surface area contributed by atoms with E-state index >= 15 is 0 Å². The Morgan fingerprint density at radius 3 is 2.86 bits per heavy atom. The Hall–Kier alpha value is -2.44. The maximum atomic E-state index is 6.07. The number of nitrogens with two attached hydrogens (primary N) is 1. The van der Waals surface area contributed by atoms with Gasteiger partial charge in [-0.05, 0) is 11.6 Å². The molecule has 0 amide bonds. The van der Waals surface area contributed by atoms with Gasteiger partial charge in [0.25, 0.3) is 0 Å². The van der Waals surface area contributed by atoms with Crippen LogP contribution in [0.4, 0.5) is 11.8 Å². The lowest BCUT2D eigenvalue weighted by atomic mass is 10.1. The van der Waals surface area contributed by atoms with Crippen molar-refractivity contribution in [1.82, 2.24) is 15.0 Å². The number of para-hydroxylation sites is 1. The van der Waals surface area contributed by atoms with Crippen LogP contribution in [0, 0.1) is 0 Å². The lowest BCUT2D eigenvalue weighted by Crippen LogP contribution is -2.12. The molecular formula is C14H13ClN6. The molecule has 0 saturated heterocycles. The van der Waals surface area contributed by atoms with Gasteiger partial charge in [-0.1, -0.05) is 35.9 Å². The number of aromatic nitrogens is 3. The Kier molecular flexibility index (Phi) is 3.81. The number of nitrogen functional groups attached to an aromatic ring is 1. The first-order valence-electron chi connectivity index (χ1n) is 6.33. The van der Waals surface area contributed by atoms with Crippen LogP contribution in [-0.4, -0.2) is 15.0 Å². The fourth-order valence-corrected chi connectivity index (χ4v) is 2.21. The molecule has 0 saturated carbocycles. The predicted molar refractivity (Wildman–Crippen MR) is 83.9 cm³/mol. The molecule has 3 rings (SSSR count). The highest BCUT2D eigenvalue weighted by Gasteiger charge is 2.06. The van der Waals surface area contributed by atoms with Crippen molar-refractivity contribution in [2.45, 2.75) is 6.54 Å². The molecule has 0 aliphatic heterocycles. The van der Waals surface area contributed by atoms with Gasteiger partial charge < -0.3 is 5.32 Å². The smallest absolute Gasteiger partial charge is 0.239 e. The fourth-order valence-electron chi connectivity index (χ4n) is 2.05. The molecule has 2 heterocycles.